The highest BCUT2D eigenvalue weighted by molar-refractivity contribution is 5.44. The lowest BCUT2D eigenvalue weighted by Crippen LogP contribution is -2.34. The van der Waals surface area contributed by atoms with E-state index in [1.807, 2.05) is 12.1 Å². The maximum absolute atomic E-state index is 13.8. The molecule has 0 radical (unpaired) electrons. The van der Waals surface area contributed by atoms with E-state index in [9.17, 15) is 8.78 Å². The van der Waals surface area contributed by atoms with E-state index in [-0.39, 0.29) is 5.75 Å². The second-order valence-electron chi connectivity index (χ2n) is 8.79. The summed E-state index contributed by atoms with van der Waals surface area (Å²) in [5, 5.41) is 0. The van der Waals surface area contributed by atoms with E-state index in [2.05, 4.69) is 21.9 Å². The fraction of sp³-hybridized carbons (Fsp3) is 0.385. The Labute approximate surface area is 198 Å². The van der Waals surface area contributed by atoms with Crippen molar-refractivity contribution in [3.8, 4) is 17.4 Å². The van der Waals surface area contributed by atoms with Crippen molar-refractivity contribution in [2.75, 3.05) is 31.6 Å². The number of halogens is 2. The normalized spacial score (nSPS) is 16.3. The molecule has 0 bridgehead atoms. The molecule has 1 saturated heterocycles. The number of nitrogens with zero attached hydrogens (tertiary/aromatic N) is 4. The predicted octanol–water partition coefficient (Wildman–Crippen LogP) is 5.10. The summed E-state index contributed by atoms with van der Waals surface area (Å²) in [6.45, 7) is 4.06. The Kier molecular flexibility index (Phi) is 6.58. The number of aromatic nitrogens is 2. The van der Waals surface area contributed by atoms with E-state index < -0.39 is 11.6 Å². The fourth-order valence-electron chi connectivity index (χ4n) is 4.52. The highest BCUT2D eigenvalue weighted by Gasteiger charge is 2.26. The van der Waals surface area contributed by atoms with Crippen LogP contribution in [0, 0.1) is 11.6 Å². The SMILES string of the molecule is COc1ccc(CN2CCc3nc(N4CCCCC4)nc(Oc4ccc(F)c(F)c4)c3C2)cc1. The molecule has 0 aliphatic carbocycles. The van der Waals surface area contributed by atoms with Crippen molar-refractivity contribution in [3.05, 3.63) is 70.9 Å². The molecule has 34 heavy (non-hydrogen) atoms. The van der Waals surface area contributed by atoms with Crippen LogP contribution in [0.5, 0.6) is 17.4 Å². The Morgan fingerprint density at radius 2 is 1.65 bits per heavy atom. The quantitative estimate of drug-likeness (QED) is 0.504. The van der Waals surface area contributed by atoms with Crippen LogP contribution in [0.2, 0.25) is 0 Å². The van der Waals surface area contributed by atoms with Crippen LogP contribution < -0.4 is 14.4 Å². The minimum Gasteiger partial charge on any atom is -0.497 e. The third-order valence-electron chi connectivity index (χ3n) is 6.40. The first-order chi connectivity index (χ1) is 16.6. The first-order valence-corrected chi connectivity index (χ1v) is 11.7. The third kappa shape index (κ3) is 4.97. The Morgan fingerprint density at radius 1 is 0.882 bits per heavy atom. The topological polar surface area (TPSA) is 50.7 Å². The van der Waals surface area contributed by atoms with Gasteiger partial charge in [0.15, 0.2) is 11.6 Å². The summed E-state index contributed by atoms with van der Waals surface area (Å²) < 4.78 is 38.6. The molecule has 2 aromatic carbocycles. The number of rotatable bonds is 6. The van der Waals surface area contributed by atoms with Crippen LogP contribution >= 0.6 is 0 Å². The molecule has 1 fully saturated rings. The summed E-state index contributed by atoms with van der Waals surface area (Å²) >= 11 is 0. The summed E-state index contributed by atoms with van der Waals surface area (Å²) in [5.41, 5.74) is 3.03. The Bertz CT molecular complexity index is 1150. The van der Waals surface area contributed by atoms with E-state index in [1.54, 1.807) is 7.11 Å². The summed E-state index contributed by atoms with van der Waals surface area (Å²) in [7, 11) is 1.66. The number of hydrogen-bond acceptors (Lipinski definition) is 6. The summed E-state index contributed by atoms with van der Waals surface area (Å²) in [6, 6.07) is 11.6. The van der Waals surface area contributed by atoms with Crippen LogP contribution in [0.15, 0.2) is 42.5 Å². The van der Waals surface area contributed by atoms with Gasteiger partial charge in [-0.25, -0.2) is 13.8 Å². The standard InChI is InChI=1S/C26H28F2N4O2/c1-33-19-7-5-18(6-8-19)16-31-14-11-24-21(17-31)25(34-20-9-10-22(27)23(28)15-20)30-26(29-24)32-12-3-2-4-13-32/h5-10,15H,2-4,11-14,16-17H2,1H3. The first-order valence-electron chi connectivity index (χ1n) is 11.7. The lowest BCUT2D eigenvalue weighted by Gasteiger charge is -2.32. The number of ether oxygens (including phenoxy) is 2. The molecule has 3 aromatic rings. The van der Waals surface area contributed by atoms with Gasteiger partial charge in [-0.3, -0.25) is 4.90 Å². The second-order valence-corrected chi connectivity index (χ2v) is 8.79. The lowest BCUT2D eigenvalue weighted by molar-refractivity contribution is 0.238. The van der Waals surface area contributed by atoms with Gasteiger partial charge in [-0.1, -0.05) is 12.1 Å². The molecule has 0 N–H and O–H groups in total. The van der Waals surface area contributed by atoms with E-state index >= 15 is 0 Å². The molecule has 3 heterocycles. The Hall–Kier alpha value is -3.26. The minimum absolute atomic E-state index is 0.219. The van der Waals surface area contributed by atoms with Crippen LogP contribution in [0.4, 0.5) is 14.7 Å². The first kappa shape index (κ1) is 22.5. The van der Waals surface area contributed by atoms with Crippen LogP contribution in [0.1, 0.15) is 36.1 Å². The van der Waals surface area contributed by atoms with Gasteiger partial charge in [-0.15, -0.1) is 0 Å². The molecule has 0 spiro atoms. The number of anilines is 1. The molecular formula is C26H28F2N4O2. The molecule has 5 rings (SSSR count). The minimum atomic E-state index is -0.946. The number of fused-ring (bicyclic) bond motifs is 1. The van der Waals surface area contributed by atoms with E-state index in [4.69, 9.17) is 19.4 Å². The number of hydrogen-bond donors (Lipinski definition) is 0. The molecule has 0 saturated carbocycles. The molecule has 0 atom stereocenters. The molecule has 2 aliphatic heterocycles. The summed E-state index contributed by atoms with van der Waals surface area (Å²) in [6.07, 6.45) is 4.19. The zero-order valence-corrected chi connectivity index (χ0v) is 19.3. The van der Waals surface area contributed by atoms with Gasteiger partial charge in [0, 0.05) is 45.2 Å². The maximum Gasteiger partial charge on any atom is 0.228 e. The summed E-state index contributed by atoms with van der Waals surface area (Å²) in [4.78, 5) is 14.1. The Morgan fingerprint density at radius 3 is 2.38 bits per heavy atom. The maximum atomic E-state index is 13.8. The predicted molar refractivity (Wildman–Crippen MR) is 125 cm³/mol. The lowest BCUT2D eigenvalue weighted by atomic mass is 10.1. The van der Waals surface area contributed by atoms with Crippen LogP contribution in [-0.2, 0) is 19.5 Å². The third-order valence-corrected chi connectivity index (χ3v) is 6.40. The van der Waals surface area contributed by atoms with Gasteiger partial charge in [0.1, 0.15) is 11.5 Å². The monoisotopic (exact) mass is 466 g/mol. The van der Waals surface area contributed by atoms with Crippen LogP contribution in [0.25, 0.3) is 0 Å². The number of piperidine rings is 1. The molecular weight excluding hydrogens is 438 g/mol. The van der Waals surface area contributed by atoms with Crippen molar-refractivity contribution in [2.24, 2.45) is 0 Å². The largest absolute Gasteiger partial charge is 0.497 e. The fourth-order valence-corrected chi connectivity index (χ4v) is 4.52. The van der Waals surface area contributed by atoms with Gasteiger partial charge in [0.05, 0.1) is 18.4 Å². The van der Waals surface area contributed by atoms with Crippen LogP contribution in [-0.4, -0.2) is 41.6 Å². The average molecular weight is 467 g/mol. The van der Waals surface area contributed by atoms with E-state index in [0.29, 0.717) is 18.4 Å². The Balaban J connectivity index is 1.43. The van der Waals surface area contributed by atoms with Gasteiger partial charge in [-0.2, -0.15) is 4.98 Å². The molecule has 0 amide bonds. The van der Waals surface area contributed by atoms with Gasteiger partial charge in [0.2, 0.25) is 11.8 Å². The highest BCUT2D eigenvalue weighted by atomic mass is 19.2. The highest BCUT2D eigenvalue weighted by Crippen LogP contribution is 2.33. The molecule has 0 unspecified atom stereocenters. The van der Waals surface area contributed by atoms with E-state index in [0.717, 1.165) is 74.6 Å². The molecule has 178 valence electrons. The zero-order chi connectivity index (χ0) is 23.5. The molecule has 8 heteroatoms. The molecule has 6 nitrogen and oxygen atoms in total. The van der Waals surface area contributed by atoms with Crippen molar-refractivity contribution in [2.45, 2.75) is 38.8 Å². The summed E-state index contributed by atoms with van der Waals surface area (Å²) in [5.74, 6) is 0.260. The molecule has 1 aromatic heterocycles. The van der Waals surface area contributed by atoms with Crippen molar-refractivity contribution >= 4 is 5.95 Å². The van der Waals surface area contributed by atoms with E-state index in [1.165, 1.54) is 18.1 Å². The van der Waals surface area contributed by atoms with Crippen molar-refractivity contribution < 1.29 is 18.3 Å². The smallest absolute Gasteiger partial charge is 0.228 e. The van der Waals surface area contributed by atoms with Gasteiger partial charge in [0.25, 0.3) is 0 Å². The van der Waals surface area contributed by atoms with Crippen molar-refractivity contribution in [3.63, 3.8) is 0 Å². The van der Waals surface area contributed by atoms with Gasteiger partial charge >= 0.3 is 0 Å². The van der Waals surface area contributed by atoms with Crippen molar-refractivity contribution in [1.29, 1.82) is 0 Å². The van der Waals surface area contributed by atoms with Gasteiger partial charge < -0.3 is 14.4 Å². The number of benzene rings is 2. The van der Waals surface area contributed by atoms with Gasteiger partial charge in [-0.05, 0) is 49.1 Å². The second kappa shape index (κ2) is 9.93. The van der Waals surface area contributed by atoms with Crippen LogP contribution in [0.3, 0.4) is 0 Å². The average Bonchev–Trinajstić information content (AvgIpc) is 2.87. The van der Waals surface area contributed by atoms with Crippen molar-refractivity contribution in [1.82, 2.24) is 14.9 Å². The zero-order valence-electron chi connectivity index (χ0n) is 19.3. The number of methoxy groups -OCH3 is 1. The molecule has 2 aliphatic rings.